The number of benzene rings is 1. The van der Waals surface area contributed by atoms with Crippen molar-refractivity contribution in [2.24, 2.45) is 7.05 Å². The molecule has 0 bridgehead atoms. The van der Waals surface area contributed by atoms with Crippen LogP contribution in [0.25, 0.3) is 0 Å². The van der Waals surface area contributed by atoms with Crippen LogP contribution in [0.1, 0.15) is 28.4 Å². The molecule has 0 aliphatic carbocycles. The zero-order chi connectivity index (χ0) is 15.0. The summed E-state index contributed by atoms with van der Waals surface area (Å²) in [5.74, 6) is 0.162. The second kappa shape index (κ2) is 5.73. The van der Waals surface area contributed by atoms with Gasteiger partial charge in [0.25, 0.3) is 0 Å². The van der Waals surface area contributed by atoms with Crippen LogP contribution in [0.5, 0.6) is 0 Å². The summed E-state index contributed by atoms with van der Waals surface area (Å²) in [6.07, 6.45) is 0.401. The number of carbonyl (C=O) groups excluding carboxylic acids is 1. The Labute approximate surface area is 132 Å². The third-order valence-electron chi connectivity index (χ3n) is 4.09. The topological polar surface area (TPSA) is 46.9 Å². The molecule has 1 N–H and O–H groups in total. The molecule has 1 aromatic carbocycles. The number of aromatic nitrogens is 2. The molecule has 0 saturated carbocycles. The van der Waals surface area contributed by atoms with Gasteiger partial charge in [-0.05, 0) is 34.0 Å². The van der Waals surface area contributed by atoms with Gasteiger partial charge in [-0.1, -0.05) is 24.3 Å². The van der Waals surface area contributed by atoms with E-state index in [1.807, 2.05) is 26.1 Å². The number of halogens is 1. The predicted octanol–water partition coefficient (Wildman–Crippen LogP) is 2.49. The molecule has 2 heterocycles. The van der Waals surface area contributed by atoms with Crippen LogP contribution in [-0.2, 0) is 24.8 Å². The molecule has 21 heavy (non-hydrogen) atoms. The molecule has 5 heteroatoms. The van der Waals surface area contributed by atoms with E-state index in [1.54, 1.807) is 4.68 Å². The molecule has 1 aromatic heterocycles. The number of aryl methyl sites for hydroxylation is 2. The van der Waals surface area contributed by atoms with Gasteiger partial charge in [0, 0.05) is 20.1 Å². The van der Waals surface area contributed by atoms with Crippen molar-refractivity contribution in [1.29, 1.82) is 0 Å². The molecule has 0 radical (unpaired) electrons. The zero-order valence-corrected chi connectivity index (χ0v) is 13.8. The number of hydrogen-bond donors (Lipinski definition) is 1. The van der Waals surface area contributed by atoms with Crippen LogP contribution in [0.3, 0.4) is 0 Å². The lowest BCUT2D eigenvalue weighted by Crippen LogP contribution is -2.33. The first-order valence-electron chi connectivity index (χ1n) is 7.07. The third kappa shape index (κ3) is 2.68. The Morgan fingerprint density at radius 3 is 2.95 bits per heavy atom. The molecule has 0 spiro atoms. The van der Waals surface area contributed by atoms with Crippen molar-refractivity contribution in [3.63, 3.8) is 0 Å². The van der Waals surface area contributed by atoms with Crippen molar-refractivity contribution in [3.8, 4) is 0 Å². The number of nitrogens with one attached hydrogen (secondary N) is 1. The quantitative estimate of drug-likeness (QED) is 0.927. The molecule has 1 unspecified atom stereocenters. The first kappa shape index (κ1) is 14.5. The summed E-state index contributed by atoms with van der Waals surface area (Å²) in [4.78, 5) is 12.7. The minimum atomic E-state index is -0.0722. The maximum absolute atomic E-state index is 12.7. The molecule has 1 aliphatic heterocycles. The zero-order valence-electron chi connectivity index (χ0n) is 12.2. The fourth-order valence-electron chi connectivity index (χ4n) is 2.94. The van der Waals surface area contributed by atoms with E-state index in [9.17, 15) is 4.79 Å². The molecular formula is C16H18BrN3O. The van der Waals surface area contributed by atoms with E-state index in [0.717, 1.165) is 28.0 Å². The number of rotatable bonds is 3. The highest BCUT2D eigenvalue weighted by Gasteiger charge is 2.27. The SMILES string of the molecule is Cc1nn(C)c(CC(=O)C2CNCc3ccccc32)c1Br. The van der Waals surface area contributed by atoms with Gasteiger partial charge in [0.2, 0.25) is 0 Å². The molecular weight excluding hydrogens is 330 g/mol. The molecule has 110 valence electrons. The van der Waals surface area contributed by atoms with Gasteiger partial charge < -0.3 is 5.32 Å². The normalized spacial score (nSPS) is 17.6. The van der Waals surface area contributed by atoms with Gasteiger partial charge in [0.1, 0.15) is 5.78 Å². The van der Waals surface area contributed by atoms with Gasteiger partial charge in [-0.2, -0.15) is 5.10 Å². The summed E-state index contributed by atoms with van der Waals surface area (Å²) in [6, 6.07) is 8.19. The lowest BCUT2D eigenvalue weighted by atomic mass is 9.86. The number of hydrogen-bond acceptors (Lipinski definition) is 3. The van der Waals surface area contributed by atoms with Crippen LogP contribution >= 0.6 is 15.9 Å². The largest absolute Gasteiger partial charge is 0.312 e. The Balaban J connectivity index is 1.87. The molecule has 1 aliphatic rings. The Hall–Kier alpha value is -1.46. The summed E-state index contributed by atoms with van der Waals surface area (Å²) in [5.41, 5.74) is 4.25. The van der Waals surface area contributed by atoms with Crippen LogP contribution in [0.4, 0.5) is 0 Å². The van der Waals surface area contributed by atoms with E-state index in [1.165, 1.54) is 5.56 Å². The number of fused-ring (bicyclic) bond motifs is 1. The van der Waals surface area contributed by atoms with Crippen LogP contribution in [0.15, 0.2) is 28.7 Å². The highest BCUT2D eigenvalue weighted by Crippen LogP contribution is 2.27. The van der Waals surface area contributed by atoms with E-state index < -0.39 is 0 Å². The standard InChI is InChI=1S/C16H18BrN3O/c1-10-16(17)14(20(2)19-10)7-15(21)13-9-18-8-11-5-3-4-6-12(11)13/h3-6,13,18H,7-9H2,1-2H3. The van der Waals surface area contributed by atoms with Gasteiger partial charge in [-0.25, -0.2) is 0 Å². The average Bonchev–Trinajstić information content (AvgIpc) is 2.73. The smallest absolute Gasteiger partial charge is 0.147 e. The summed E-state index contributed by atoms with van der Waals surface area (Å²) in [6.45, 7) is 3.49. The van der Waals surface area contributed by atoms with Gasteiger partial charge in [-0.15, -0.1) is 0 Å². The monoisotopic (exact) mass is 347 g/mol. The Morgan fingerprint density at radius 2 is 2.24 bits per heavy atom. The van der Waals surface area contributed by atoms with Crippen molar-refractivity contribution < 1.29 is 4.79 Å². The minimum Gasteiger partial charge on any atom is -0.312 e. The number of ketones is 1. The van der Waals surface area contributed by atoms with Gasteiger partial charge in [-0.3, -0.25) is 9.48 Å². The van der Waals surface area contributed by atoms with E-state index in [-0.39, 0.29) is 11.7 Å². The molecule has 3 rings (SSSR count). The Bertz CT molecular complexity index is 693. The highest BCUT2D eigenvalue weighted by atomic mass is 79.9. The van der Waals surface area contributed by atoms with Gasteiger partial charge in [0.05, 0.1) is 28.2 Å². The fourth-order valence-corrected chi connectivity index (χ4v) is 3.42. The summed E-state index contributed by atoms with van der Waals surface area (Å²) >= 11 is 3.53. The van der Waals surface area contributed by atoms with Crippen molar-refractivity contribution >= 4 is 21.7 Å². The number of Topliss-reactive ketones (excluding diaryl/α,β-unsaturated/α-hetero) is 1. The lowest BCUT2D eigenvalue weighted by Gasteiger charge is -2.25. The Kier molecular flexibility index (Phi) is 3.95. The van der Waals surface area contributed by atoms with Crippen LogP contribution < -0.4 is 5.32 Å². The minimum absolute atomic E-state index is 0.0722. The van der Waals surface area contributed by atoms with Gasteiger partial charge >= 0.3 is 0 Å². The summed E-state index contributed by atoms with van der Waals surface area (Å²) < 4.78 is 2.73. The highest BCUT2D eigenvalue weighted by molar-refractivity contribution is 9.10. The van der Waals surface area contributed by atoms with E-state index >= 15 is 0 Å². The molecule has 0 saturated heterocycles. The molecule has 0 amide bonds. The van der Waals surface area contributed by atoms with E-state index in [4.69, 9.17) is 0 Å². The predicted molar refractivity (Wildman–Crippen MR) is 85.2 cm³/mol. The molecule has 4 nitrogen and oxygen atoms in total. The summed E-state index contributed by atoms with van der Waals surface area (Å²) in [5, 5.41) is 7.69. The van der Waals surface area contributed by atoms with Crippen molar-refractivity contribution in [3.05, 3.63) is 51.3 Å². The first-order valence-corrected chi connectivity index (χ1v) is 7.86. The third-order valence-corrected chi connectivity index (χ3v) is 5.12. The van der Waals surface area contributed by atoms with Crippen LogP contribution in [0, 0.1) is 6.92 Å². The van der Waals surface area contributed by atoms with Crippen LogP contribution in [-0.4, -0.2) is 22.1 Å². The molecule has 1 atom stereocenters. The van der Waals surface area contributed by atoms with E-state index in [2.05, 4.69) is 38.5 Å². The lowest BCUT2D eigenvalue weighted by molar-refractivity contribution is -0.120. The van der Waals surface area contributed by atoms with Gasteiger partial charge in [0.15, 0.2) is 0 Å². The van der Waals surface area contributed by atoms with Crippen molar-refractivity contribution in [2.75, 3.05) is 6.54 Å². The second-order valence-corrected chi connectivity index (χ2v) is 6.29. The Morgan fingerprint density at radius 1 is 1.48 bits per heavy atom. The number of carbonyl (C=O) groups is 1. The molecule has 0 fully saturated rings. The fraction of sp³-hybridized carbons (Fsp3) is 0.375. The average molecular weight is 348 g/mol. The van der Waals surface area contributed by atoms with Crippen molar-refractivity contribution in [2.45, 2.75) is 25.8 Å². The maximum atomic E-state index is 12.7. The van der Waals surface area contributed by atoms with Crippen molar-refractivity contribution in [1.82, 2.24) is 15.1 Å². The molecule has 2 aromatic rings. The first-order chi connectivity index (χ1) is 10.1. The van der Waals surface area contributed by atoms with Crippen LogP contribution in [0.2, 0.25) is 0 Å². The second-order valence-electron chi connectivity index (χ2n) is 5.50. The maximum Gasteiger partial charge on any atom is 0.147 e. The van der Waals surface area contributed by atoms with E-state index in [0.29, 0.717) is 13.0 Å². The summed E-state index contributed by atoms with van der Waals surface area (Å²) in [7, 11) is 1.88. The number of nitrogens with zero attached hydrogens (tertiary/aromatic N) is 2.